The van der Waals surface area contributed by atoms with E-state index in [4.69, 9.17) is 21.1 Å². The van der Waals surface area contributed by atoms with Gasteiger partial charge in [-0.2, -0.15) is 5.10 Å². The van der Waals surface area contributed by atoms with Crippen LogP contribution >= 0.6 is 51.1 Å². The van der Waals surface area contributed by atoms with Gasteiger partial charge in [-0.15, -0.1) is 23.5 Å². The maximum Gasteiger partial charge on any atom is 0.277 e. The van der Waals surface area contributed by atoms with Gasteiger partial charge in [-0.1, -0.05) is 41.9 Å². The minimum atomic E-state index is -0.332. The summed E-state index contributed by atoms with van der Waals surface area (Å²) in [5.74, 6) is 3.39. The van der Waals surface area contributed by atoms with Crippen LogP contribution in [0.2, 0.25) is 5.02 Å². The molecule has 0 saturated carbocycles. The van der Waals surface area contributed by atoms with E-state index in [0.717, 1.165) is 15.6 Å². The molecule has 1 saturated heterocycles. The number of rotatable bonds is 9. The molecule has 1 N–H and O–H groups in total. The van der Waals surface area contributed by atoms with E-state index in [9.17, 15) is 4.79 Å². The fourth-order valence-electron chi connectivity index (χ4n) is 3.12. The molecule has 0 unspecified atom stereocenters. The van der Waals surface area contributed by atoms with Gasteiger partial charge < -0.3 is 9.47 Å². The van der Waals surface area contributed by atoms with Gasteiger partial charge in [-0.25, -0.2) is 5.43 Å². The van der Waals surface area contributed by atoms with Crippen LogP contribution in [0.3, 0.4) is 0 Å². The van der Waals surface area contributed by atoms with Gasteiger partial charge in [-0.3, -0.25) is 4.79 Å². The van der Waals surface area contributed by atoms with Crippen molar-refractivity contribution in [2.45, 2.75) is 11.2 Å². The highest BCUT2D eigenvalue weighted by Crippen LogP contribution is 2.45. The van der Waals surface area contributed by atoms with Crippen LogP contribution < -0.4 is 14.9 Å². The first kappa shape index (κ1) is 25.0. The Kier molecular flexibility index (Phi) is 9.21. The van der Waals surface area contributed by atoms with Gasteiger partial charge in [-0.05, 0) is 63.5 Å². The van der Waals surface area contributed by atoms with Gasteiger partial charge in [0.05, 0.1) is 15.3 Å². The molecule has 1 amide bonds. The lowest BCUT2D eigenvalue weighted by Gasteiger charge is -2.10. The van der Waals surface area contributed by atoms with E-state index in [1.807, 2.05) is 78.1 Å². The van der Waals surface area contributed by atoms with Gasteiger partial charge in [0.25, 0.3) is 5.91 Å². The number of hydrogen-bond donors (Lipinski definition) is 1. The van der Waals surface area contributed by atoms with E-state index in [1.54, 1.807) is 6.21 Å². The highest BCUT2D eigenvalue weighted by molar-refractivity contribution is 9.10. The molecule has 3 aromatic carbocycles. The van der Waals surface area contributed by atoms with Crippen molar-refractivity contribution in [3.05, 3.63) is 92.9 Å². The van der Waals surface area contributed by atoms with E-state index in [1.165, 1.54) is 17.1 Å². The SMILES string of the molecule is O=C(COc1ccc(C2SCCS2)cc1)N/N=C\c1ccc(OCc2ccccc2Cl)c(Br)c1. The molecule has 1 aliphatic rings. The summed E-state index contributed by atoms with van der Waals surface area (Å²) in [4.78, 5) is 12.1. The maximum absolute atomic E-state index is 12.1. The van der Waals surface area contributed by atoms with Crippen LogP contribution in [-0.2, 0) is 11.4 Å². The standard InChI is InChI=1S/C25H22BrClN2O3S2/c26-21-13-17(5-10-23(21)32-15-19-3-1-2-4-22(19)27)14-28-29-24(30)16-31-20-8-6-18(7-9-20)25-33-11-12-34-25/h1-10,13-14,25H,11-12,15-16H2,(H,29,30)/b28-14-. The van der Waals surface area contributed by atoms with Crippen molar-refractivity contribution >= 4 is 63.2 Å². The summed E-state index contributed by atoms with van der Waals surface area (Å²) >= 11 is 13.6. The van der Waals surface area contributed by atoms with Gasteiger partial charge >= 0.3 is 0 Å². The van der Waals surface area contributed by atoms with Gasteiger partial charge in [0.15, 0.2) is 6.61 Å². The Morgan fingerprint density at radius 2 is 1.85 bits per heavy atom. The molecule has 1 fully saturated rings. The predicted molar refractivity (Wildman–Crippen MR) is 145 cm³/mol. The third kappa shape index (κ3) is 7.18. The average molecular weight is 578 g/mol. The summed E-state index contributed by atoms with van der Waals surface area (Å²) in [5.41, 5.74) is 5.47. The molecule has 176 valence electrons. The number of hydrogen-bond acceptors (Lipinski definition) is 6. The zero-order chi connectivity index (χ0) is 23.8. The zero-order valence-electron chi connectivity index (χ0n) is 18.1. The first-order valence-electron chi connectivity index (χ1n) is 10.5. The van der Waals surface area contributed by atoms with Gasteiger partial charge in [0, 0.05) is 22.1 Å². The van der Waals surface area contributed by atoms with E-state index in [0.29, 0.717) is 27.7 Å². The molecule has 0 spiro atoms. The van der Waals surface area contributed by atoms with Gasteiger partial charge in [0.2, 0.25) is 0 Å². The molecule has 34 heavy (non-hydrogen) atoms. The van der Waals surface area contributed by atoms with Crippen molar-refractivity contribution in [3.63, 3.8) is 0 Å². The molecule has 4 rings (SSSR count). The Morgan fingerprint density at radius 1 is 1.09 bits per heavy atom. The fraction of sp³-hybridized carbons (Fsp3) is 0.200. The number of ether oxygens (including phenoxy) is 2. The third-order valence-corrected chi connectivity index (χ3v) is 8.94. The molecule has 9 heteroatoms. The number of halogens is 2. The highest BCUT2D eigenvalue weighted by Gasteiger charge is 2.18. The molecule has 0 bridgehead atoms. The Bertz CT molecular complexity index is 1160. The van der Waals surface area contributed by atoms with Crippen molar-refractivity contribution in [2.24, 2.45) is 5.10 Å². The first-order valence-corrected chi connectivity index (χ1v) is 13.8. The van der Waals surface area contributed by atoms with Crippen LogP contribution in [-0.4, -0.2) is 30.2 Å². The summed E-state index contributed by atoms with van der Waals surface area (Å²) < 4.78 is 12.7. The molecule has 5 nitrogen and oxygen atoms in total. The number of thioether (sulfide) groups is 2. The molecule has 3 aromatic rings. The minimum absolute atomic E-state index is 0.109. The lowest BCUT2D eigenvalue weighted by atomic mass is 10.2. The number of benzene rings is 3. The summed E-state index contributed by atoms with van der Waals surface area (Å²) in [6.07, 6.45) is 1.56. The lowest BCUT2D eigenvalue weighted by Crippen LogP contribution is -2.24. The number of amides is 1. The van der Waals surface area contributed by atoms with E-state index < -0.39 is 0 Å². The number of carbonyl (C=O) groups is 1. The minimum Gasteiger partial charge on any atom is -0.488 e. The predicted octanol–water partition coefficient (Wildman–Crippen LogP) is 6.69. The Labute approximate surface area is 220 Å². The zero-order valence-corrected chi connectivity index (χ0v) is 22.1. The molecular weight excluding hydrogens is 556 g/mol. The highest BCUT2D eigenvalue weighted by atomic mass is 79.9. The summed E-state index contributed by atoms with van der Waals surface area (Å²) in [7, 11) is 0. The van der Waals surface area contributed by atoms with E-state index in [-0.39, 0.29) is 12.5 Å². The Hall–Kier alpha value is -2.13. The van der Waals surface area contributed by atoms with Crippen LogP contribution in [0.5, 0.6) is 11.5 Å². The Balaban J connectivity index is 1.22. The second-order valence-corrected chi connectivity index (χ2v) is 11.3. The van der Waals surface area contributed by atoms with Crippen LogP contribution in [0.1, 0.15) is 21.3 Å². The van der Waals surface area contributed by atoms with Crippen molar-refractivity contribution in [2.75, 3.05) is 18.1 Å². The second-order valence-electron chi connectivity index (χ2n) is 7.29. The van der Waals surface area contributed by atoms with Crippen molar-refractivity contribution in [1.82, 2.24) is 5.43 Å². The summed E-state index contributed by atoms with van der Waals surface area (Å²) in [6.45, 7) is 0.255. The average Bonchev–Trinajstić information content (AvgIpc) is 3.39. The smallest absolute Gasteiger partial charge is 0.277 e. The van der Waals surface area contributed by atoms with Crippen LogP contribution in [0, 0.1) is 0 Å². The van der Waals surface area contributed by atoms with Gasteiger partial charge in [0.1, 0.15) is 18.1 Å². The molecule has 1 heterocycles. The normalized spacial score (nSPS) is 13.8. The number of hydrazone groups is 1. The molecule has 0 aromatic heterocycles. The third-order valence-electron chi connectivity index (χ3n) is 4.84. The van der Waals surface area contributed by atoms with E-state index >= 15 is 0 Å². The summed E-state index contributed by atoms with van der Waals surface area (Å²) in [6, 6.07) is 21.0. The molecule has 0 aliphatic carbocycles. The Morgan fingerprint density at radius 3 is 2.59 bits per heavy atom. The largest absolute Gasteiger partial charge is 0.488 e. The fourth-order valence-corrected chi connectivity index (χ4v) is 6.68. The maximum atomic E-state index is 12.1. The topological polar surface area (TPSA) is 59.9 Å². The molecule has 1 aliphatic heterocycles. The van der Waals surface area contributed by atoms with Crippen LogP contribution in [0.25, 0.3) is 0 Å². The van der Waals surface area contributed by atoms with Crippen molar-refractivity contribution < 1.29 is 14.3 Å². The molecule has 0 radical (unpaired) electrons. The number of nitrogens with zero attached hydrogens (tertiary/aromatic N) is 1. The van der Waals surface area contributed by atoms with Crippen LogP contribution in [0.15, 0.2) is 76.3 Å². The first-order chi connectivity index (χ1) is 16.6. The molecule has 0 atom stereocenters. The lowest BCUT2D eigenvalue weighted by molar-refractivity contribution is -0.123. The van der Waals surface area contributed by atoms with Crippen LogP contribution in [0.4, 0.5) is 0 Å². The monoisotopic (exact) mass is 576 g/mol. The van der Waals surface area contributed by atoms with Crippen molar-refractivity contribution in [3.8, 4) is 11.5 Å². The van der Waals surface area contributed by atoms with Crippen molar-refractivity contribution in [1.29, 1.82) is 0 Å². The number of carbonyl (C=O) groups excluding carboxylic acids is 1. The quantitative estimate of drug-likeness (QED) is 0.227. The van der Waals surface area contributed by atoms with E-state index in [2.05, 4.69) is 38.6 Å². The summed E-state index contributed by atoms with van der Waals surface area (Å²) in [5, 5.41) is 4.67. The second kappa shape index (κ2) is 12.5. The molecular formula is C25H22BrClN2O3S2. The number of nitrogens with one attached hydrogen (secondary N) is 1.